The summed E-state index contributed by atoms with van der Waals surface area (Å²) in [6.45, 7) is 8.12. The van der Waals surface area contributed by atoms with E-state index in [4.69, 9.17) is 10.7 Å². The van der Waals surface area contributed by atoms with Crippen LogP contribution in [0.3, 0.4) is 0 Å². The van der Waals surface area contributed by atoms with Crippen molar-refractivity contribution < 1.29 is 10.7 Å². The molecule has 2 aliphatic rings. The summed E-state index contributed by atoms with van der Waals surface area (Å²) in [6, 6.07) is 0. The van der Waals surface area contributed by atoms with Gasteiger partial charge in [0.2, 0.25) is 0 Å². The standard InChI is InChI=1S/C14H23BO2/c1-13(2)14(3,4)17-15(16-13)11-10-12-8-6-5-7-9-12/h5-8,12H,9-11H2,1-4H3/i11D/t11-,12?/m1/s1. The first-order valence-electron chi connectivity index (χ1n) is 7.01. The van der Waals surface area contributed by atoms with Crippen molar-refractivity contribution in [2.24, 2.45) is 5.92 Å². The van der Waals surface area contributed by atoms with Gasteiger partial charge in [0.15, 0.2) is 0 Å². The second-order valence-electron chi connectivity index (χ2n) is 5.90. The maximum Gasteiger partial charge on any atom is 0.457 e. The van der Waals surface area contributed by atoms with Crippen LogP contribution < -0.4 is 0 Å². The van der Waals surface area contributed by atoms with E-state index in [1.54, 1.807) is 0 Å². The zero-order chi connectivity index (χ0) is 13.4. The summed E-state index contributed by atoms with van der Waals surface area (Å²) in [5, 5.41) is 0. The van der Waals surface area contributed by atoms with Gasteiger partial charge in [0.05, 0.1) is 11.2 Å². The van der Waals surface area contributed by atoms with E-state index in [1.807, 2.05) is 27.7 Å². The largest absolute Gasteiger partial charge is 0.457 e. The highest BCUT2D eigenvalue weighted by atomic mass is 16.7. The Morgan fingerprint density at radius 1 is 1.24 bits per heavy atom. The third-order valence-electron chi connectivity index (χ3n) is 3.97. The molecule has 0 amide bonds. The van der Waals surface area contributed by atoms with E-state index < -0.39 is 7.12 Å². The molecule has 0 aromatic heterocycles. The first-order chi connectivity index (χ1) is 8.32. The van der Waals surface area contributed by atoms with Gasteiger partial charge in [-0.2, -0.15) is 0 Å². The maximum atomic E-state index is 8.25. The summed E-state index contributed by atoms with van der Waals surface area (Å²) in [5.41, 5.74) is -0.668. The first-order valence-corrected chi connectivity index (χ1v) is 6.43. The molecule has 0 N–H and O–H groups in total. The van der Waals surface area contributed by atoms with E-state index in [0.717, 1.165) is 12.8 Å². The van der Waals surface area contributed by atoms with Gasteiger partial charge in [-0.3, -0.25) is 0 Å². The summed E-state index contributed by atoms with van der Waals surface area (Å²) < 4.78 is 20.1. The normalized spacial score (nSPS) is 32.6. The molecule has 3 heteroatoms. The molecule has 2 atom stereocenters. The lowest BCUT2D eigenvalue weighted by Gasteiger charge is -2.32. The molecule has 0 aromatic carbocycles. The van der Waals surface area contributed by atoms with Crippen molar-refractivity contribution in [3.63, 3.8) is 0 Å². The molecule has 1 saturated heterocycles. The molecule has 2 rings (SSSR count). The fourth-order valence-electron chi connectivity index (χ4n) is 2.08. The number of hydrogen-bond donors (Lipinski definition) is 0. The molecule has 1 unspecified atom stereocenters. The average molecular weight is 235 g/mol. The van der Waals surface area contributed by atoms with Gasteiger partial charge in [-0.1, -0.05) is 24.3 Å². The maximum absolute atomic E-state index is 8.25. The van der Waals surface area contributed by atoms with Gasteiger partial charge in [-0.05, 0) is 52.8 Å². The summed E-state index contributed by atoms with van der Waals surface area (Å²) in [4.78, 5) is 0. The molecule has 1 aliphatic carbocycles. The van der Waals surface area contributed by atoms with Crippen LogP contribution in [0.25, 0.3) is 0 Å². The minimum absolute atomic E-state index is 0.327. The highest BCUT2D eigenvalue weighted by Gasteiger charge is 2.50. The molecule has 2 nitrogen and oxygen atoms in total. The average Bonchev–Trinajstić information content (AvgIpc) is 2.50. The van der Waals surface area contributed by atoms with E-state index >= 15 is 0 Å². The molecule has 0 saturated carbocycles. The molecule has 0 spiro atoms. The van der Waals surface area contributed by atoms with Gasteiger partial charge < -0.3 is 9.31 Å². The van der Waals surface area contributed by atoms with Crippen molar-refractivity contribution in [3.8, 4) is 0 Å². The Bertz CT molecular complexity index is 347. The summed E-state index contributed by atoms with van der Waals surface area (Å²) in [5.74, 6) is 0.441. The highest BCUT2D eigenvalue weighted by Crippen LogP contribution is 2.38. The van der Waals surface area contributed by atoms with Gasteiger partial charge in [-0.15, -0.1) is 0 Å². The number of rotatable bonds is 3. The fourth-order valence-corrected chi connectivity index (χ4v) is 2.08. The second-order valence-corrected chi connectivity index (χ2v) is 5.90. The van der Waals surface area contributed by atoms with Gasteiger partial charge in [0.25, 0.3) is 0 Å². The van der Waals surface area contributed by atoms with Crippen LogP contribution >= 0.6 is 0 Å². The zero-order valence-electron chi connectivity index (χ0n) is 12.3. The Morgan fingerprint density at radius 2 is 1.88 bits per heavy atom. The van der Waals surface area contributed by atoms with Crippen molar-refractivity contribution in [1.29, 1.82) is 0 Å². The van der Waals surface area contributed by atoms with E-state index in [1.165, 1.54) is 0 Å². The Labute approximate surface area is 107 Å². The number of allylic oxidation sites excluding steroid dienone is 4. The minimum atomic E-state index is -0.408. The van der Waals surface area contributed by atoms with Gasteiger partial charge in [-0.25, -0.2) is 0 Å². The molecule has 1 heterocycles. The Hall–Kier alpha value is -0.535. The lowest BCUT2D eigenvalue weighted by molar-refractivity contribution is 0.00578. The Balaban J connectivity index is 1.93. The topological polar surface area (TPSA) is 18.5 Å². The van der Waals surface area contributed by atoms with E-state index in [-0.39, 0.29) is 17.5 Å². The predicted octanol–water partition coefficient (Wildman–Crippen LogP) is 3.60. The molecule has 1 aliphatic heterocycles. The monoisotopic (exact) mass is 235 g/mol. The van der Waals surface area contributed by atoms with Crippen molar-refractivity contribution >= 4 is 7.12 Å². The van der Waals surface area contributed by atoms with Crippen LogP contribution in [0.2, 0.25) is 6.30 Å². The smallest absolute Gasteiger partial charge is 0.403 e. The van der Waals surface area contributed by atoms with Gasteiger partial charge in [0, 0.05) is 1.37 Å². The van der Waals surface area contributed by atoms with Crippen molar-refractivity contribution in [1.82, 2.24) is 0 Å². The molecule has 0 aromatic rings. The van der Waals surface area contributed by atoms with Crippen LogP contribution in [0.5, 0.6) is 0 Å². The SMILES string of the molecule is [2H][C@H](CC1C=CC=CC1)B1OC(C)(C)C(C)(C)O1. The molecule has 94 valence electrons. The van der Waals surface area contributed by atoms with Crippen molar-refractivity contribution in [2.75, 3.05) is 0 Å². The number of hydrogen-bond acceptors (Lipinski definition) is 2. The van der Waals surface area contributed by atoms with Crippen LogP contribution in [0, 0.1) is 5.92 Å². The molecular weight excluding hydrogens is 211 g/mol. The molecule has 1 fully saturated rings. The highest BCUT2D eigenvalue weighted by molar-refractivity contribution is 6.45. The summed E-state index contributed by atoms with van der Waals surface area (Å²) in [7, 11) is -0.408. The van der Waals surface area contributed by atoms with E-state index in [0.29, 0.717) is 5.92 Å². The zero-order valence-corrected chi connectivity index (χ0v) is 11.3. The van der Waals surface area contributed by atoms with Crippen LogP contribution in [-0.2, 0) is 9.31 Å². The van der Waals surface area contributed by atoms with Gasteiger partial charge >= 0.3 is 7.12 Å². The predicted molar refractivity (Wildman–Crippen MR) is 71.9 cm³/mol. The van der Waals surface area contributed by atoms with E-state index in [2.05, 4.69) is 24.3 Å². The molecule has 0 bridgehead atoms. The third kappa shape index (κ3) is 2.83. The molecule has 0 radical (unpaired) electrons. The lowest BCUT2D eigenvalue weighted by atomic mass is 9.78. The first kappa shape index (κ1) is 11.5. The van der Waals surface area contributed by atoms with E-state index in [9.17, 15) is 0 Å². The van der Waals surface area contributed by atoms with Crippen molar-refractivity contribution in [2.45, 2.75) is 58.0 Å². The molecular formula is C14H23BO2. The Kier molecular flexibility index (Phi) is 3.14. The van der Waals surface area contributed by atoms with Crippen molar-refractivity contribution in [3.05, 3.63) is 24.3 Å². The van der Waals surface area contributed by atoms with Crippen LogP contribution in [0.1, 0.15) is 41.9 Å². The van der Waals surface area contributed by atoms with Crippen LogP contribution in [0.15, 0.2) is 24.3 Å². The van der Waals surface area contributed by atoms with Crippen LogP contribution in [-0.4, -0.2) is 18.3 Å². The summed E-state index contributed by atoms with van der Waals surface area (Å²) in [6.07, 6.45) is 9.93. The minimum Gasteiger partial charge on any atom is -0.403 e. The summed E-state index contributed by atoms with van der Waals surface area (Å²) >= 11 is 0. The lowest BCUT2D eigenvalue weighted by Crippen LogP contribution is -2.41. The van der Waals surface area contributed by atoms with Gasteiger partial charge in [0.1, 0.15) is 0 Å². The second kappa shape index (κ2) is 4.62. The third-order valence-corrected chi connectivity index (χ3v) is 3.97. The fraction of sp³-hybridized carbons (Fsp3) is 0.714. The molecule has 17 heavy (non-hydrogen) atoms. The Morgan fingerprint density at radius 3 is 2.41 bits per heavy atom. The van der Waals surface area contributed by atoms with Crippen LogP contribution in [0.4, 0.5) is 0 Å². The quantitative estimate of drug-likeness (QED) is 0.696.